The monoisotopic (exact) mass is 858 g/mol. The molecule has 3 rings (SSSR count). The number of unbranched alkanes of at least 4 members (excludes halogenated alkanes) is 2. The van der Waals surface area contributed by atoms with Gasteiger partial charge >= 0.3 is 5.97 Å². The predicted octanol–water partition coefficient (Wildman–Crippen LogP) is 3.18. The maximum atomic E-state index is 14.3. The van der Waals surface area contributed by atoms with E-state index in [4.69, 9.17) is 0 Å². The summed E-state index contributed by atoms with van der Waals surface area (Å²) in [5.74, 6) is -4.83. The predicted molar refractivity (Wildman–Crippen MR) is 233 cm³/mol. The van der Waals surface area contributed by atoms with Gasteiger partial charge in [0.25, 0.3) is 0 Å². The van der Waals surface area contributed by atoms with Gasteiger partial charge in [-0.2, -0.15) is 0 Å². The number of carbonyl (C=O) groups excluding carboxylic acids is 6. The van der Waals surface area contributed by atoms with Gasteiger partial charge in [0.2, 0.25) is 35.9 Å². The van der Waals surface area contributed by atoms with Crippen LogP contribution < -0.4 is 31.9 Å². The molecule has 0 heterocycles. The van der Waals surface area contributed by atoms with E-state index in [0.717, 1.165) is 6.42 Å². The Kier molecular flexibility index (Phi) is 20.9. The number of hydrogen-bond donors (Lipinski definition) is 9. The molecular formula is C46H62N6O10. The number of rotatable bonds is 27. The van der Waals surface area contributed by atoms with Gasteiger partial charge in [0.05, 0.1) is 0 Å². The van der Waals surface area contributed by atoms with Gasteiger partial charge in [-0.1, -0.05) is 108 Å². The minimum atomic E-state index is -1.41. The van der Waals surface area contributed by atoms with Crippen LogP contribution in [-0.2, 0) is 52.8 Å². The first-order valence-electron chi connectivity index (χ1n) is 21.2. The highest BCUT2D eigenvalue weighted by Gasteiger charge is 2.33. The Morgan fingerprint density at radius 3 is 1.34 bits per heavy atom. The lowest BCUT2D eigenvalue weighted by atomic mass is 9.99. The van der Waals surface area contributed by atoms with E-state index in [0.29, 0.717) is 48.8 Å². The molecule has 16 heteroatoms. The van der Waals surface area contributed by atoms with Crippen molar-refractivity contribution >= 4 is 41.9 Å². The largest absolute Gasteiger partial charge is 0.508 e. The third-order valence-corrected chi connectivity index (χ3v) is 10.2. The minimum absolute atomic E-state index is 0.0142. The van der Waals surface area contributed by atoms with Gasteiger partial charge in [-0.25, -0.2) is 4.79 Å². The number of phenols is 2. The third kappa shape index (κ3) is 17.3. The molecule has 9 N–H and O–H groups in total. The second-order valence-corrected chi connectivity index (χ2v) is 15.8. The molecule has 336 valence electrons. The van der Waals surface area contributed by atoms with Crippen LogP contribution in [0.4, 0.5) is 0 Å². The van der Waals surface area contributed by atoms with Gasteiger partial charge in [0.15, 0.2) is 0 Å². The molecule has 3 aromatic carbocycles. The zero-order valence-electron chi connectivity index (χ0n) is 35.9. The molecule has 0 saturated heterocycles. The third-order valence-electron chi connectivity index (χ3n) is 10.2. The molecule has 16 nitrogen and oxygen atoms in total. The standard InChI is InChI=1S/C46H62N6O10/c1-5-7-14-35(47-28-53)41(56)49-37(24-29(3)4)43(58)51-38(25-30-12-10-9-11-13-30)44(59)48-36(15-8-6-2)42(57)50-39(26-31-16-20-33(54)21-17-31)45(60)52-40(46(61)62)27-32-18-22-34(55)23-19-32/h9-13,16-23,28-29,35-40,54-55H,5-8,14-15,24-27H2,1-4H3,(H,47,53)(H,48,59)(H,49,56)(H,50,57)(H,51,58)(H,52,60)(H,61,62)/t35-,36-,37-,38-,39-,40-/m0/s1. The SMILES string of the molecule is CCCC[C@H](NC=O)C(=O)N[C@@H](CC(C)C)C(=O)N[C@@H](Cc1ccccc1)C(=O)N[C@@H](CCCC)C(=O)N[C@@H](Cc1ccc(O)cc1)C(=O)N[C@@H](Cc1ccc(O)cc1)C(=O)O. The molecule has 0 aliphatic rings. The van der Waals surface area contributed by atoms with Gasteiger partial charge in [0.1, 0.15) is 47.8 Å². The number of hydrogen-bond acceptors (Lipinski definition) is 9. The van der Waals surface area contributed by atoms with E-state index in [2.05, 4.69) is 31.9 Å². The van der Waals surface area contributed by atoms with Gasteiger partial charge in [-0.05, 0) is 66.1 Å². The number of phenolic OH excluding ortho intramolecular Hbond substituents is 2. The molecule has 0 fully saturated rings. The molecule has 0 radical (unpaired) electrons. The van der Waals surface area contributed by atoms with Crippen molar-refractivity contribution in [2.45, 2.75) is 128 Å². The highest BCUT2D eigenvalue weighted by Crippen LogP contribution is 2.15. The quantitative estimate of drug-likeness (QED) is 0.0507. The Morgan fingerprint density at radius 2 is 0.887 bits per heavy atom. The zero-order valence-corrected chi connectivity index (χ0v) is 35.9. The fraction of sp³-hybridized carbons (Fsp3) is 0.457. The second-order valence-electron chi connectivity index (χ2n) is 15.8. The highest BCUT2D eigenvalue weighted by atomic mass is 16.4. The fourth-order valence-corrected chi connectivity index (χ4v) is 6.73. The van der Waals surface area contributed by atoms with Gasteiger partial charge in [-0.15, -0.1) is 0 Å². The number of aliphatic carboxylic acids is 1. The Morgan fingerprint density at radius 1 is 0.516 bits per heavy atom. The summed E-state index contributed by atoms with van der Waals surface area (Å²) < 4.78 is 0. The molecule has 0 unspecified atom stereocenters. The molecule has 6 amide bonds. The lowest BCUT2D eigenvalue weighted by Gasteiger charge is -2.28. The van der Waals surface area contributed by atoms with E-state index in [9.17, 15) is 48.9 Å². The van der Waals surface area contributed by atoms with Crippen molar-refractivity contribution < 1.29 is 48.9 Å². The molecule has 0 aliphatic carbocycles. The van der Waals surface area contributed by atoms with Crippen LogP contribution in [0.25, 0.3) is 0 Å². The summed E-state index contributed by atoms with van der Waals surface area (Å²) in [6.07, 6.45) is 3.58. The molecule has 0 aliphatic heterocycles. The van der Waals surface area contributed by atoms with Crippen molar-refractivity contribution in [3.8, 4) is 11.5 Å². The Bertz CT molecular complexity index is 1910. The van der Waals surface area contributed by atoms with E-state index >= 15 is 0 Å². The van der Waals surface area contributed by atoms with Crippen molar-refractivity contribution in [1.82, 2.24) is 31.9 Å². The summed E-state index contributed by atoms with van der Waals surface area (Å²) in [5.41, 5.74) is 1.76. The first-order valence-corrected chi connectivity index (χ1v) is 21.2. The number of benzene rings is 3. The van der Waals surface area contributed by atoms with E-state index in [1.165, 1.54) is 36.4 Å². The summed E-state index contributed by atoms with van der Waals surface area (Å²) in [7, 11) is 0. The summed E-state index contributed by atoms with van der Waals surface area (Å²) in [6.45, 7) is 7.60. The van der Waals surface area contributed by atoms with Crippen LogP contribution >= 0.6 is 0 Å². The van der Waals surface area contributed by atoms with E-state index in [1.807, 2.05) is 27.7 Å². The number of carboxylic acids is 1. The Labute approximate surface area is 363 Å². The molecule has 62 heavy (non-hydrogen) atoms. The van der Waals surface area contributed by atoms with Gasteiger partial charge in [-0.3, -0.25) is 28.8 Å². The van der Waals surface area contributed by atoms with Crippen molar-refractivity contribution in [2.24, 2.45) is 5.92 Å². The molecule has 0 bridgehead atoms. The summed E-state index contributed by atoms with van der Waals surface area (Å²) in [5, 5.41) is 45.7. The maximum absolute atomic E-state index is 14.3. The zero-order chi connectivity index (χ0) is 45.6. The van der Waals surface area contributed by atoms with Crippen molar-refractivity contribution in [1.29, 1.82) is 0 Å². The van der Waals surface area contributed by atoms with Crippen LogP contribution in [0.1, 0.15) is 89.3 Å². The number of nitrogens with one attached hydrogen (secondary N) is 6. The Hall–Kier alpha value is -6.45. The molecule has 0 spiro atoms. The van der Waals surface area contributed by atoms with Crippen LogP contribution in [0.15, 0.2) is 78.9 Å². The molecular weight excluding hydrogens is 797 g/mol. The van der Waals surface area contributed by atoms with Gasteiger partial charge < -0.3 is 47.2 Å². The second kappa shape index (κ2) is 26.0. The number of aromatic hydroxyl groups is 2. The lowest BCUT2D eigenvalue weighted by molar-refractivity contribution is -0.142. The molecule has 6 atom stereocenters. The normalized spacial score (nSPS) is 13.9. The average molecular weight is 859 g/mol. The summed E-state index contributed by atoms with van der Waals surface area (Å²) >= 11 is 0. The van der Waals surface area contributed by atoms with Crippen molar-refractivity contribution in [3.63, 3.8) is 0 Å². The lowest BCUT2D eigenvalue weighted by Crippen LogP contribution is -2.60. The molecule has 0 aromatic heterocycles. The maximum Gasteiger partial charge on any atom is 0.326 e. The van der Waals surface area contributed by atoms with Gasteiger partial charge in [0, 0.05) is 19.3 Å². The van der Waals surface area contributed by atoms with E-state index in [-0.39, 0.29) is 49.5 Å². The Balaban J connectivity index is 1.91. The molecule has 3 aromatic rings. The summed E-state index contributed by atoms with van der Waals surface area (Å²) in [6, 6.07) is 13.6. The van der Waals surface area contributed by atoms with Crippen molar-refractivity contribution in [3.05, 3.63) is 95.6 Å². The van der Waals surface area contributed by atoms with Crippen molar-refractivity contribution in [2.75, 3.05) is 0 Å². The van der Waals surface area contributed by atoms with Crippen LogP contribution in [0.5, 0.6) is 11.5 Å². The topological polar surface area (TPSA) is 252 Å². The first-order chi connectivity index (χ1) is 29.6. The smallest absolute Gasteiger partial charge is 0.326 e. The van der Waals surface area contributed by atoms with E-state index < -0.39 is 71.8 Å². The fourth-order valence-electron chi connectivity index (χ4n) is 6.73. The first kappa shape index (κ1) is 49.9. The average Bonchev–Trinajstić information content (AvgIpc) is 3.24. The van der Waals surface area contributed by atoms with E-state index in [1.54, 1.807) is 42.5 Å². The van der Waals surface area contributed by atoms with Crippen LogP contribution in [-0.4, -0.2) is 93.5 Å². The highest BCUT2D eigenvalue weighted by molar-refractivity contribution is 5.96. The summed E-state index contributed by atoms with van der Waals surface area (Å²) in [4.78, 5) is 93.3. The number of carbonyl (C=O) groups is 7. The minimum Gasteiger partial charge on any atom is -0.508 e. The number of amides is 6. The van der Waals surface area contributed by atoms with Crippen LogP contribution in [0.2, 0.25) is 0 Å². The van der Waals surface area contributed by atoms with Crippen LogP contribution in [0.3, 0.4) is 0 Å². The van der Waals surface area contributed by atoms with Crippen LogP contribution in [0, 0.1) is 5.92 Å². The number of carboxylic acid groups (broad SMARTS) is 1. The molecule has 0 saturated carbocycles.